The molecule has 1 saturated carbocycles. The van der Waals surface area contributed by atoms with E-state index in [-0.39, 0.29) is 5.91 Å². The lowest BCUT2D eigenvalue weighted by Crippen LogP contribution is -2.26. The molecular formula is C24H31NO2. The maximum absolute atomic E-state index is 12.3. The molecule has 144 valence electrons. The number of ether oxygens (including phenoxy) is 1. The molecule has 0 unspecified atom stereocenters. The third-order valence-corrected chi connectivity index (χ3v) is 5.63. The van der Waals surface area contributed by atoms with Crippen LogP contribution >= 0.6 is 0 Å². The predicted molar refractivity (Wildman–Crippen MR) is 112 cm³/mol. The highest BCUT2D eigenvalue weighted by molar-refractivity contribution is 5.93. The molecule has 2 aromatic rings. The Morgan fingerprint density at radius 2 is 1.89 bits per heavy atom. The van der Waals surface area contributed by atoms with Crippen molar-refractivity contribution in [3.63, 3.8) is 0 Å². The predicted octanol–water partition coefficient (Wildman–Crippen LogP) is 5.70. The van der Waals surface area contributed by atoms with Gasteiger partial charge in [0, 0.05) is 19.0 Å². The first kappa shape index (κ1) is 19.5. The summed E-state index contributed by atoms with van der Waals surface area (Å²) in [6, 6.07) is 10.7. The Hall–Kier alpha value is -2.29. The average molecular weight is 366 g/mol. The Bertz CT molecular complexity index is 837. The van der Waals surface area contributed by atoms with E-state index in [2.05, 4.69) is 45.0 Å². The first-order valence-electron chi connectivity index (χ1n) is 10.1. The van der Waals surface area contributed by atoms with E-state index >= 15 is 0 Å². The monoisotopic (exact) mass is 365 g/mol. The molecule has 3 nitrogen and oxygen atoms in total. The Labute approximate surface area is 163 Å². The van der Waals surface area contributed by atoms with Gasteiger partial charge in [-0.15, -0.1) is 0 Å². The van der Waals surface area contributed by atoms with Gasteiger partial charge in [0.05, 0.1) is 5.69 Å². The Morgan fingerprint density at radius 3 is 2.52 bits per heavy atom. The second-order valence-corrected chi connectivity index (χ2v) is 7.61. The zero-order valence-electron chi connectivity index (χ0n) is 17.3. The van der Waals surface area contributed by atoms with Crippen molar-refractivity contribution < 1.29 is 9.53 Å². The molecule has 0 heterocycles. The van der Waals surface area contributed by atoms with E-state index in [0.29, 0.717) is 18.9 Å². The first-order chi connectivity index (χ1) is 13.0. The largest absolute Gasteiger partial charge is 0.489 e. The van der Waals surface area contributed by atoms with Crippen LogP contribution in [0.1, 0.15) is 66.8 Å². The van der Waals surface area contributed by atoms with Crippen molar-refractivity contribution in [3.05, 3.63) is 58.1 Å². The Morgan fingerprint density at radius 1 is 1.15 bits per heavy atom. The molecule has 2 aromatic carbocycles. The fourth-order valence-electron chi connectivity index (χ4n) is 3.75. The summed E-state index contributed by atoms with van der Waals surface area (Å²) in [5, 5.41) is 0. The summed E-state index contributed by atoms with van der Waals surface area (Å²) in [5.41, 5.74) is 7.27. The molecule has 0 aliphatic heterocycles. The summed E-state index contributed by atoms with van der Waals surface area (Å²) >= 11 is 0. The molecule has 0 bridgehead atoms. The standard InChI is InChI=1S/C24H31NO2/c1-6-18-13-17(4)23(14-16(18)3)27-15-21-20(19-11-12-19)9-8-10-22(21)25(5)24(26)7-2/h8-10,13-14,19H,6-7,11-12,15H2,1-5H3. The maximum Gasteiger partial charge on any atom is 0.226 e. The number of hydrogen-bond donors (Lipinski definition) is 0. The maximum atomic E-state index is 12.3. The number of hydrogen-bond acceptors (Lipinski definition) is 2. The zero-order valence-corrected chi connectivity index (χ0v) is 17.3. The lowest BCUT2D eigenvalue weighted by Gasteiger charge is -2.23. The van der Waals surface area contributed by atoms with Crippen LogP contribution in [-0.2, 0) is 17.8 Å². The number of rotatable bonds is 7. The van der Waals surface area contributed by atoms with Gasteiger partial charge < -0.3 is 9.64 Å². The van der Waals surface area contributed by atoms with Gasteiger partial charge >= 0.3 is 0 Å². The van der Waals surface area contributed by atoms with Gasteiger partial charge in [-0.1, -0.05) is 32.0 Å². The number of carbonyl (C=O) groups excluding carboxylic acids is 1. The number of benzene rings is 2. The molecule has 1 aliphatic carbocycles. The summed E-state index contributed by atoms with van der Waals surface area (Å²) in [6.07, 6.45) is 3.99. The summed E-state index contributed by atoms with van der Waals surface area (Å²) in [6.45, 7) is 8.83. The van der Waals surface area contributed by atoms with E-state index in [4.69, 9.17) is 4.74 Å². The van der Waals surface area contributed by atoms with Crippen LogP contribution < -0.4 is 9.64 Å². The smallest absolute Gasteiger partial charge is 0.226 e. The lowest BCUT2D eigenvalue weighted by atomic mass is 10.0. The lowest BCUT2D eigenvalue weighted by molar-refractivity contribution is -0.118. The molecule has 3 heteroatoms. The van der Waals surface area contributed by atoms with E-state index < -0.39 is 0 Å². The molecule has 0 atom stereocenters. The number of nitrogens with zero attached hydrogens (tertiary/aromatic N) is 1. The van der Waals surface area contributed by atoms with Gasteiger partial charge in [-0.3, -0.25) is 4.79 Å². The van der Waals surface area contributed by atoms with Crippen LogP contribution in [0.25, 0.3) is 0 Å². The van der Waals surface area contributed by atoms with Crippen LogP contribution in [-0.4, -0.2) is 13.0 Å². The van der Waals surface area contributed by atoms with E-state index in [1.165, 1.54) is 35.1 Å². The quantitative estimate of drug-likeness (QED) is 0.630. The Kier molecular flexibility index (Phi) is 5.88. The van der Waals surface area contributed by atoms with Crippen molar-refractivity contribution in [1.29, 1.82) is 0 Å². The van der Waals surface area contributed by atoms with Gasteiger partial charge in [0.25, 0.3) is 0 Å². The molecule has 1 fully saturated rings. The highest BCUT2D eigenvalue weighted by Crippen LogP contribution is 2.44. The van der Waals surface area contributed by atoms with Crippen LogP contribution in [0.2, 0.25) is 0 Å². The second kappa shape index (κ2) is 8.16. The zero-order chi connectivity index (χ0) is 19.6. The van der Waals surface area contributed by atoms with E-state index in [1.54, 1.807) is 4.90 Å². The van der Waals surface area contributed by atoms with Gasteiger partial charge in [-0.05, 0) is 73.4 Å². The number of amides is 1. The molecule has 1 amide bonds. The van der Waals surface area contributed by atoms with Gasteiger partial charge in [0.15, 0.2) is 0 Å². The van der Waals surface area contributed by atoms with Crippen molar-refractivity contribution in [3.8, 4) is 5.75 Å². The van der Waals surface area contributed by atoms with Gasteiger partial charge in [0.2, 0.25) is 5.91 Å². The molecule has 3 rings (SSSR count). The minimum absolute atomic E-state index is 0.128. The third kappa shape index (κ3) is 4.18. The second-order valence-electron chi connectivity index (χ2n) is 7.61. The summed E-state index contributed by atoms with van der Waals surface area (Å²) in [7, 11) is 1.87. The first-order valence-corrected chi connectivity index (χ1v) is 10.1. The number of aryl methyl sites for hydroxylation is 3. The van der Waals surface area contributed by atoms with Crippen molar-refractivity contribution in [2.24, 2.45) is 0 Å². The molecule has 1 aliphatic rings. The molecule has 0 N–H and O–H groups in total. The minimum atomic E-state index is 0.128. The molecular weight excluding hydrogens is 334 g/mol. The molecule has 0 spiro atoms. The third-order valence-electron chi connectivity index (χ3n) is 5.63. The SMILES string of the molecule is CCC(=O)N(C)c1cccc(C2CC2)c1COc1cc(C)c(CC)cc1C. The van der Waals surface area contributed by atoms with Crippen molar-refractivity contribution >= 4 is 11.6 Å². The minimum Gasteiger partial charge on any atom is -0.489 e. The van der Waals surface area contributed by atoms with Gasteiger partial charge in [-0.2, -0.15) is 0 Å². The highest BCUT2D eigenvalue weighted by atomic mass is 16.5. The van der Waals surface area contributed by atoms with E-state index in [0.717, 1.165) is 23.4 Å². The van der Waals surface area contributed by atoms with Crippen molar-refractivity contribution in [2.75, 3.05) is 11.9 Å². The van der Waals surface area contributed by atoms with Crippen LogP contribution in [0.4, 0.5) is 5.69 Å². The highest BCUT2D eigenvalue weighted by Gasteiger charge is 2.28. The Balaban J connectivity index is 1.92. The summed E-state index contributed by atoms with van der Waals surface area (Å²) in [4.78, 5) is 14.1. The van der Waals surface area contributed by atoms with Gasteiger partial charge in [-0.25, -0.2) is 0 Å². The summed E-state index contributed by atoms with van der Waals surface area (Å²) in [5.74, 6) is 1.67. The number of carbonyl (C=O) groups is 1. The molecule has 0 saturated heterocycles. The van der Waals surface area contributed by atoms with Crippen LogP contribution in [0.5, 0.6) is 5.75 Å². The van der Waals surface area contributed by atoms with Crippen molar-refractivity contribution in [1.82, 2.24) is 0 Å². The fraction of sp³-hybridized carbons (Fsp3) is 0.458. The van der Waals surface area contributed by atoms with Crippen LogP contribution in [0.15, 0.2) is 30.3 Å². The van der Waals surface area contributed by atoms with E-state index in [1.807, 2.05) is 20.0 Å². The topological polar surface area (TPSA) is 29.5 Å². The summed E-state index contributed by atoms with van der Waals surface area (Å²) < 4.78 is 6.29. The van der Waals surface area contributed by atoms with Gasteiger partial charge in [0.1, 0.15) is 12.4 Å². The fourth-order valence-corrected chi connectivity index (χ4v) is 3.75. The number of anilines is 1. The van der Waals surface area contributed by atoms with Crippen LogP contribution in [0, 0.1) is 13.8 Å². The average Bonchev–Trinajstić information content (AvgIpc) is 3.52. The molecule has 27 heavy (non-hydrogen) atoms. The van der Waals surface area contributed by atoms with Crippen molar-refractivity contribution in [2.45, 2.75) is 65.9 Å². The van der Waals surface area contributed by atoms with Crippen LogP contribution in [0.3, 0.4) is 0 Å². The molecule has 0 radical (unpaired) electrons. The van der Waals surface area contributed by atoms with E-state index in [9.17, 15) is 4.79 Å². The normalized spacial score (nSPS) is 13.5. The molecule has 0 aromatic heterocycles.